The van der Waals surface area contributed by atoms with Crippen molar-refractivity contribution in [2.45, 2.75) is 39.2 Å². The number of nitrogens with one attached hydrogen (secondary N) is 1. The van der Waals surface area contributed by atoms with Gasteiger partial charge < -0.3 is 15.2 Å². The van der Waals surface area contributed by atoms with Gasteiger partial charge in [-0.2, -0.15) is 0 Å². The molecule has 0 aromatic heterocycles. The zero-order chi connectivity index (χ0) is 17.9. The van der Waals surface area contributed by atoms with Gasteiger partial charge in [-0.25, -0.2) is 4.39 Å². The highest BCUT2D eigenvalue weighted by molar-refractivity contribution is 5.94. The van der Waals surface area contributed by atoms with Gasteiger partial charge in [-0.3, -0.25) is 4.79 Å². The van der Waals surface area contributed by atoms with Crippen LogP contribution in [0.2, 0.25) is 0 Å². The SMILES string of the molecule is CC(Oc1ccc(C(C)(C)C)cc1)C(=O)Nc1cccc(O)c1F. The van der Waals surface area contributed by atoms with Crippen LogP contribution in [-0.4, -0.2) is 17.1 Å². The standard InChI is InChI=1S/C19H22FNO3/c1-12(18(23)21-15-6-5-7-16(22)17(15)20)24-14-10-8-13(9-11-14)19(2,3)4/h5-12,22H,1-4H3,(H,21,23). The molecule has 1 amide bonds. The van der Waals surface area contributed by atoms with Crippen molar-refractivity contribution in [3.8, 4) is 11.5 Å². The third kappa shape index (κ3) is 4.25. The van der Waals surface area contributed by atoms with E-state index in [4.69, 9.17) is 4.74 Å². The smallest absolute Gasteiger partial charge is 0.265 e. The fourth-order valence-electron chi connectivity index (χ4n) is 2.14. The maximum Gasteiger partial charge on any atom is 0.265 e. The van der Waals surface area contributed by atoms with Crippen molar-refractivity contribution < 1.29 is 19.0 Å². The number of ether oxygens (including phenoxy) is 1. The van der Waals surface area contributed by atoms with E-state index >= 15 is 0 Å². The summed E-state index contributed by atoms with van der Waals surface area (Å²) in [7, 11) is 0. The molecule has 0 aliphatic heterocycles. The lowest BCUT2D eigenvalue weighted by molar-refractivity contribution is -0.122. The Balaban J connectivity index is 2.02. The zero-order valence-corrected chi connectivity index (χ0v) is 14.3. The quantitative estimate of drug-likeness (QED) is 0.881. The van der Waals surface area contributed by atoms with Crippen LogP contribution in [0, 0.1) is 5.82 Å². The van der Waals surface area contributed by atoms with Crippen LogP contribution in [0.4, 0.5) is 10.1 Å². The van der Waals surface area contributed by atoms with Crippen LogP contribution in [0.5, 0.6) is 11.5 Å². The van der Waals surface area contributed by atoms with E-state index in [-0.39, 0.29) is 11.1 Å². The minimum Gasteiger partial charge on any atom is -0.505 e. The van der Waals surface area contributed by atoms with Crippen LogP contribution in [0.25, 0.3) is 0 Å². The van der Waals surface area contributed by atoms with Crippen LogP contribution in [-0.2, 0) is 10.2 Å². The van der Waals surface area contributed by atoms with E-state index < -0.39 is 23.6 Å². The summed E-state index contributed by atoms with van der Waals surface area (Å²) in [6.07, 6.45) is -0.813. The van der Waals surface area contributed by atoms with Crippen molar-refractivity contribution in [3.05, 3.63) is 53.8 Å². The largest absolute Gasteiger partial charge is 0.505 e. The summed E-state index contributed by atoms with van der Waals surface area (Å²) in [5, 5.41) is 11.7. The summed E-state index contributed by atoms with van der Waals surface area (Å²) in [6.45, 7) is 7.92. The van der Waals surface area contributed by atoms with Gasteiger partial charge in [0.1, 0.15) is 5.75 Å². The molecule has 2 rings (SSSR count). The summed E-state index contributed by atoms with van der Waals surface area (Å²) >= 11 is 0. The van der Waals surface area contributed by atoms with Crippen LogP contribution < -0.4 is 10.1 Å². The summed E-state index contributed by atoms with van der Waals surface area (Å²) < 4.78 is 19.3. The zero-order valence-electron chi connectivity index (χ0n) is 14.3. The van der Waals surface area contributed by atoms with Gasteiger partial charge in [0, 0.05) is 0 Å². The topological polar surface area (TPSA) is 58.6 Å². The Kier molecular flexibility index (Phi) is 5.12. The van der Waals surface area contributed by atoms with Crippen LogP contribution in [0.1, 0.15) is 33.3 Å². The lowest BCUT2D eigenvalue weighted by atomic mass is 9.87. The summed E-state index contributed by atoms with van der Waals surface area (Å²) in [4.78, 5) is 12.1. The third-order valence-electron chi connectivity index (χ3n) is 3.64. The highest BCUT2D eigenvalue weighted by Gasteiger charge is 2.18. The second-order valence-electron chi connectivity index (χ2n) is 6.66. The molecule has 0 aliphatic rings. The van der Waals surface area contributed by atoms with Crippen LogP contribution in [0.15, 0.2) is 42.5 Å². The number of phenolic OH excluding ortho intramolecular Hbond substituents is 1. The van der Waals surface area contributed by atoms with Crippen molar-refractivity contribution in [1.29, 1.82) is 0 Å². The van der Waals surface area contributed by atoms with E-state index in [1.54, 1.807) is 19.1 Å². The molecule has 0 spiro atoms. The minimum absolute atomic E-state index is 0.0361. The predicted molar refractivity (Wildman–Crippen MR) is 91.9 cm³/mol. The average molecular weight is 331 g/mol. The molecule has 0 heterocycles. The first kappa shape index (κ1) is 17.8. The highest BCUT2D eigenvalue weighted by atomic mass is 19.1. The fraction of sp³-hybridized carbons (Fsp3) is 0.316. The molecule has 0 fully saturated rings. The molecule has 2 aromatic rings. The van der Waals surface area contributed by atoms with E-state index in [1.165, 1.54) is 18.2 Å². The first-order chi connectivity index (χ1) is 11.2. The average Bonchev–Trinajstić information content (AvgIpc) is 2.51. The van der Waals surface area contributed by atoms with E-state index in [2.05, 4.69) is 26.1 Å². The van der Waals surface area contributed by atoms with Crippen molar-refractivity contribution in [2.75, 3.05) is 5.32 Å². The maximum atomic E-state index is 13.7. The first-order valence-electron chi connectivity index (χ1n) is 7.74. The van der Waals surface area contributed by atoms with Gasteiger partial charge in [0.2, 0.25) is 0 Å². The van der Waals surface area contributed by atoms with Gasteiger partial charge in [-0.05, 0) is 42.2 Å². The second-order valence-corrected chi connectivity index (χ2v) is 6.66. The minimum atomic E-state index is -0.868. The molecule has 0 radical (unpaired) electrons. The van der Waals surface area contributed by atoms with Gasteiger partial charge in [0.05, 0.1) is 5.69 Å². The first-order valence-corrected chi connectivity index (χ1v) is 7.74. The van der Waals surface area contributed by atoms with E-state index in [9.17, 15) is 14.3 Å². The molecule has 5 heteroatoms. The number of halogens is 1. The summed E-state index contributed by atoms with van der Waals surface area (Å²) in [5.41, 5.74) is 1.11. The van der Waals surface area contributed by atoms with Crippen molar-refractivity contribution >= 4 is 11.6 Å². The molecular formula is C19H22FNO3. The van der Waals surface area contributed by atoms with Crippen molar-refractivity contribution in [3.63, 3.8) is 0 Å². The number of carbonyl (C=O) groups is 1. The maximum absolute atomic E-state index is 13.7. The molecule has 24 heavy (non-hydrogen) atoms. The molecule has 0 saturated heterocycles. The van der Waals surface area contributed by atoms with Gasteiger partial charge in [-0.1, -0.05) is 39.0 Å². The van der Waals surface area contributed by atoms with Gasteiger partial charge in [0.15, 0.2) is 17.7 Å². The summed E-state index contributed by atoms with van der Waals surface area (Å²) in [5.74, 6) is -1.33. The van der Waals surface area contributed by atoms with Gasteiger partial charge in [0.25, 0.3) is 5.91 Å². The monoisotopic (exact) mass is 331 g/mol. The number of rotatable bonds is 4. The third-order valence-corrected chi connectivity index (χ3v) is 3.64. The number of amides is 1. The molecule has 2 N–H and O–H groups in total. The molecule has 4 nitrogen and oxygen atoms in total. The Morgan fingerprint density at radius 2 is 1.79 bits per heavy atom. The van der Waals surface area contributed by atoms with Gasteiger partial charge in [-0.15, -0.1) is 0 Å². The summed E-state index contributed by atoms with van der Waals surface area (Å²) in [6, 6.07) is 11.5. The molecule has 0 aliphatic carbocycles. The number of hydrogen-bond acceptors (Lipinski definition) is 3. The Bertz CT molecular complexity index is 720. The Hall–Kier alpha value is -2.56. The van der Waals surface area contributed by atoms with E-state index in [1.807, 2.05) is 12.1 Å². The molecule has 0 bridgehead atoms. The highest BCUT2D eigenvalue weighted by Crippen LogP contribution is 2.25. The number of phenols is 1. The molecule has 0 saturated carbocycles. The number of benzene rings is 2. The van der Waals surface area contributed by atoms with E-state index in [0.29, 0.717) is 5.75 Å². The lowest BCUT2D eigenvalue weighted by Crippen LogP contribution is -2.30. The molecule has 128 valence electrons. The number of carbonyl (C=O) groups excluding carboxylic acids is 1. The molecule has 1 unspecified atom stereocenters. The fourth-order valence-corrected chi connectivity index (χ4v) is 2.14. The van der Waals surface area contributed by atoms with Crippen molar-refractivity contribution in [2.24, 2.45) is 0 Å². The van der Waals surface area contributed by atoms with Crippen LogP contribution >= 0.6 is 0 Å². The lowest BCUT2D eigenvalue weighted by Gasteiger charge is -2.20. The Labute approximate surface area is 141 Å². The second kappa shape index (κ2) is 6.91. The van der Waals surface area contributed by atoms with E-state index in [0.717, 1.165) is 5.56 Å². The van der Waals surface area contributed by atoms with Gasteiger partial charge >= 0.3 is 0 Å². The normalized spacial score (nSPS) is 12.5. The molecular weight excluding hydrogens is 309 g/mol. The number of aromatic hydroxyl groups is 1. The Morgan fingerprint density at radius 1 is 1.17 bits per heavy atom. The predicted octanol–water partition coefficient (Wildman–Crippen LogP) is 4.23. The van der Waals surface area contributed by atoms with Crippen molar-refractivity contribution in [1.82, 2.24) is 0 Å². The Morgan fingerprint density at radius 3 is 2.38 bits per heavy atom. The number of anilines is 1. The molecule has 2 aromatic carbocycles. The molecule has 1 atom stereocenters. The van der Waals surface area contributed by atoms with Crippen LogP contribution in [0.3, 0.4) is 0 Å². The number of hydrogen-bond donors (Lipinski definition) is 2.